The second-order valence-electron chi connectivity index (χ2n) is 11.2. The van der Waals surface area contributed by atoms with Gasteiger partial charge in [-0.1, -0.05) is 76.6 Å². The summed E-state index contributed by atoms with van der Waals surface area (Å²) in [6.45, 7) is 7.85. The number of carbonyl (C=O) groups is 3. The molecule has 6 atom stereocenters. The van der Waals surface area contributed by atoms with Gasteiger partial charge in [0.2, 0.25) is 17.7 Å². The molecule has 1 unspecified atom stereocenters. The average molecular weight is 553 g/mol. The summed E-state index contributed by atoms with van der Waals surface area (Å²) in [4.78, 5) is 42.8. The van der Waals surface area contributed by atoms with Gasteiger partial charge in [-0.2, -0.15) is 0 Å². The summed E-state index contributed by atoms with van der Waals surface area (Å²) in [5.41, 5.74) is 1.49. The van der Waals surface area contributed by atoms with Gasteiger partial charge in [0.1, 0.15) is 23.9 Å². The van der Waals surface area contributed by atoms with Gasteiger partial charge in [-0.25, -0.2) is 0 Å². The molecule has 0 fully saturated rings. The molecular formula is C31H44N4O5. The third kappa shape index (κ3) is 8.05. The second-order valence-corrected chi connectivity index (χ2v) is 11.2. The molecule has 2 aromatic rings. The summed E-state index contributed by atoms with van der Waals surface area (Å²) >= 11 is 0. The van der Waals surface area contributed by atoms with Gasteiger partial charge in [-0.15, -0.1) is 0 Å². The molecule has 4 N–H and O–H groups in total. The van der Waals surface area contributed by atoms with Crippen LogP contribution in [0.4, 0.5) is 0 Å². The molecule has 0 aromatic heterocycles. The standard InChI is InChI=1S/C31H44N4O5/c1-7-20(4)27(35(5)6)31(39)34-26-28(19(2)3)40-23-15-13-22(14-16-23)25(36)18-32-29(37)24(33-30(26)38)17-21-11-9-8-10-12-21/h8-16,19-20,24-28,36H,7,17-18H2,1-6H3,(H,32,37)(H,33,38)(H,34,39)/t20-,24-,25?,26-,27-,28+/m0/s1. The molecular weight excluding hydrogens is 508 g/mol. The zero-order chi connectivity index (χ0) is 29.4. The minimum atomic E-state index is -1.07. The molecule has 9 nitrogen and oxygen atoms in total. The van der Waals surface area contributed by atoms with Crippen LogP contribution in [0.5, 0.6) is 5.75 Å². The highest BCUT2D eigenvalue weighted by Crippen LogP contribution is 2.23. The van der Waals surface area contributed by atoms with Crippen molar-refractivity contribution in [3.63, 3.8) is 0 Å². The lowest BCUT2D eigenvalue weighted by Crippen LogP contribution is -2.62. The van der Waals surface area contributed by atoms with Gasteiger partial charge in [0.05, 0.1) is 12.1 Å². The van der Waals surface area contributed by atoms with Crippen LogP contribution in [0.3, 0.4) is 0 Å². The number of fused-ring (bicyclic) bond motifs is 11. The molecule has 40 heavy (non-hydrogen) atoms. The number of nitrogens with zero attached hydrogens (tertiary/aromatic N) is 1. The van der Waals surface area contributed by atoms with Crippen LogP contribution in [0.2, 0.25) is 0 Å². The van der Waals surface area contributed by atoms with Gasteiger partial charge in [0.25, 0.3) is 0 Å². The molecule has 3 amide bonds. The van der Waals surface area contributed by atoms with E-state index in [9.17, 15) is 19.5 Å². The van der Waals surface area contributed by atoms with Gasteiger partial charge in [-0.05, 0) is 49.2 Å². The van der Waals surface area contributed by atoms with Crippen LogP contribution in [0.1, 0.15) is 51.3 Å². The largest absolute Gasteiger partial charge is 0.487 e. The summed E-state index contributed by atoms with van der Waals surface area (Å²) in [5, 5.41) is 19.3. The highest BCUT2D eigenvalue weighted by atomic mass is 16.5. The van der Waals surface area contributed by atoms with Crippen LogP contribution >= 0.6 is 0 Å². The minimum Gasteiger partial charge on any atom is -0.487 e. The summed E-state index contributed by atoms with van der Waals surface area (Å²) in [6.07, 6.45) is -0.633. The highest BCUT2D eigenvalue weighted by molar-refractivity contribution is 5.93. The summed E-state index contributed by atoms with van der Waals surface area (Å²) in [7, 11) is 3.69. The quantitative estimate of drug-likeness (QED) is 0.399. The van der Waals surface area contributed by atoms with E-state index in [2.05, 4.69) is 16.0 Å². The number of likely N-dealkylation sites (N-methyl/N-ethyl adjacent to an activating group) is 1. The van der Waals surface area contributed by atoms with E-state index in [-0.39, 0.29) is 30.7 Å². The van der Waals surface area contributed by atoms with Crippen molar-refractivity contribution >= 4 is 17.7 Å². The lowest BCUT2D eigenvalue weighted by Gasteiger charge is -2.35. The number of carbonyl (C=O) groups excluding carboxylic acids is 3. The van der Waals surface area contributed by atoms with Crippen LogP contribution < -0.4 is 20.7 Å². The van der Waals surface area contributed by atoms with Crippen molar-refractivity contribution in [1.29, 1.82) is 0 Å². The lowest BCUT2D eigenvalue weighted by molar-refractivity contribution is -0.137. The Morgan fingerprint density at radius 1 is 1.05 bits per heavy atom. The van der Waals surface area contributed by atoms with E-state index in [0.717, 1.165) is 12.0 Å². The molecule has 9 heteroatoms. The normalized spacial score (nSPS) is 23.5. The van der Waals surface area contributed by atoms with Crippen molar-refractivity contribution in [3.05, 3.63) is 65.7 Å². The molecule has 218 valence electrons. The zero-order valence-electron chi connectivity index (χ0n) is 24.4. The first-order valence-corrected chi connectivity index (χ1v) is 14.0. The van der Waals surface area contributed by atoms with Crippen molar-refractivity contribution in [3.8, 4) is 5.75 Å². The van der Waals surface area contributed by atoms with Crippen LogP contribution in [-0.4, -0.2) is 72.6 Å². The van der Waals surface area contributed by atoms with Crippen molar-refractivity contribution in [2.75, 3.05) is 20.6 Å². The maximum absolute atomic E-state index is 14.0. The molecule has 2 aromatic carbocycles. The summed E-state index contributed by atoms with van der Waals surface area (Å²) in [5.74, 6) is -0.837. The first-order chi connectivity index (χ1) is 19.0. The molecule has 0 spiro atoms. The fraction of sp³-hybridized carbons (Fsp3) is 0.516. The van der Waals surface area contributed by atoms with Gasteiger partial charge >= 0.3 is 0 Å². The summed E-state index contributed by atoms with van der Waals surface area (Å²) in [6, 6.07) is 13.8. The topological polar surface area (TPSA) is 120 Å². The Morgan fingerprint density at radius 3 is 2.27 bits per heavy atom. The fourth-order valence-electron chi connectivity index (χ4n) is 5.03. The van der Waals surface area contributed by atoms with Gasteiger partial charge in [-0.3, -0.25) is 19.3 Å². The number of benzene rings is 2. The molecule has 2 aliphatic rings. The predicted octanol–water partition coefficient (Wildman–Crippen LogP) is 2.44. The van der Waals surface area contributed by atoms with Crippen LogP contribution in [-0.2, 0) is 20.8 Å². The van der Waals surface area contributed by atoms with E-state index in [4.69, 9.17) is 4.74 Å². The van der Waals surface area contributed by atoms with Crippen molar-refractivity contribution in [1.82, 2.24) is 20.9 Å². The molecule has 2 aliphatic heterocycles. The second kappa shape index (κ2) is 14.3. The molecule has 4 rings (SSSR count). The lowest BCUT2D eigenvalue weighted by atomic mass is 9.94. The van der Waals surface area contributed by atoms with Crippen molar-refractivity contribution in [2.45, 2.75) is 70.9 Å². The number of nitrogens with one attached hydrogen (secondary N) is 3. The SMILES string of the molecule is CC[C@H](C)[C@@H](C(=O)N[C@@H]1C(=O)N[C@@H](Cc2ccccc2)C(=O)NCC(O)c2ccc(cc2)O[C@@H]1C(C)C)N(C)C. The van der Waals surface area contributed by atoms with E-state index in [1.807, 2.05) is 77.0 Å². The first-order valence-electron chi connectivity index (χ1n) is 14.0. The molecule has 0 radical (unpaired) electrons. The maximum Gasteiger partial charge on any atom is 0.247 e. The third-order valence-electron chi connectivity index (χ3n) is 7.50. The first kappa shape index (κ1) is 31.1. The molecule has 2 bridgehead atoms. The third-order valence-corrected chi connectivity index (χ3v) is 7.50. The number of ether oxygens (including phenoxy) is 1. The Kier molecular flexibility index (Phi) is 11.1. The van der Waals surface area contributed by atoms with Crippen LogP contribution in [0.25, 0.3) is 0 Å². The highest BCUT2D eigenvalue weighted by Gasteiger charge is 2.38. The molecule has 2 heterocycles. The van der Waals surface area contributed by atoms with Gasteiger partial charge in [0.15, 0.2) is 0 Å². The number of amides is 3. The van der Waals surface area contributed by atoms with E-state index < -0.39 is 42.1 Å². The average Bonchev–Trinajstić information content (AvgIpc) is 2.93. The van der Waals surface area contributed by atoms with E-state index >= 15 is 0 Å². The molecule has 0 saturated heterocycles. The van der Waals surface area contributed by atoms with Gasteiger partial charge < -0.3 is 25.8 Å². The number of aliphatic hydroxyl groups excluding tert-OH is 1. The monoisotopic (exact) mass is 552 g/mol. The Morgan fingerprint density at radius 2 is 1.70 bits per heavy atom. The smallest absolute Gasteiger partial charge is 0.247 e. The minimum absolute atomic E-state index is 0.0194. The zero-order valence-corrected chi connectivity index (χ0v) is 24.4. The van der Waals surface area contributed by atoms with Crippen molar-refractivity contribution in [2.24, 2.45) is 11.8 Å². The number of hydrogen-bond donors (Lipinski definition) is 4. The number of hydrogen-bond acceptors (Lipinski definition) is 6. The molecule has 0 aliphatic carbocycles. The number of rotatable bonds is 8. The summed E-state index contributed by atoms with van der Waals surface area (Å²) < 4.78 is 6.33. The predicted molar refractivity (Wildman–Crippen MR) is 155 cm³/mol. The van der Waals surface area contributed by atoms with E-state index in [0.29, 0.717) is 11.3 Å². The van der Waals surface area contributed by atoms with E-state index in [1.165, 1.54) is 0 Å². The molecule has 0 saturated carbocycles. The van der Waals surface area contributed by atoms with E-state index in [1.54, 1.807) is 24.3 Å². The maximum atomic E-state index is 14.0. The van der Waals surface area contributed by atoms with Gasteiger partial charge in [0, 0.05) is 13.0 Å². The van der Waals surface area contributed by atoms with Crippen LogP contribution in [0, 0.1) is 11.8 Å². The van der Waals surface area contributed by atoms with Crippen LogP contribution in [0.15, 0.2) is 54.6 Å². The Labute approximate surface area is 237 Å². The van der Waals surface area contributed by atoms with Crippen molar-refractivity contribution < 1.29 is 24.2 Å². The fourth-order valence-corrected chi connectivity index (χ4v) is 5.03. The Hall–Kier alpha value is -3.43. The Balaban J connectivity index is 2.03. The Bertz CT molecular complexity index is 1120. The number of aliphatic hydroxyl groups is 1.